The van der Waals surface area contributed by atoms with Gasteiger partial charge in [-0.1, -0.05) is 26.7 Å². The molecular formula is C10H21N. The van der Waals surface area contributed by atoms with Crippen LogP contribution in [0.1, 0.15) is 52.4 Å². The van der Waals surface area contributed by atoms with E-state index in [1.54, 1.807) is 0 Å². The highest BCUT2D eigenvalue weighted by Crippen LogP contribution is 2.40. The zero-order valence-corrected chi connectivity index (χ0v) is 7.90. The van der Waals surface area contributed by atoms with Crippen molar-refractivity contribution in [2.24, 2.45) is 11.1 Å². The van der Waals surface area contributed by atoms with Gasteiger partial charge in [-0.15, -0.1) is 0 Å². The summed E-state index contributed by atoms with van der Waals surface area (Å²) in [6.07, 6.45) is 7.90. The van der Waals surface area contributed by atoms with Crippen LogP contribution in [0.25, 0.3) is 0 Å². The second-order valence-electron chi connectivity index (χ2n) is 3.92. The minimum Gasteiger partial charge on any atom is -0.327 e. The molecule has 1 unspecified atom stereocenters. The molecule has 11 heavy (non-hydrogen) atoms. The SMILES string of the molecule is CCC1(CC)CCCCC1N. The van der Waals surface area contributed by atoms with Gasteiger partial charge in [-0.05, 0) is 31.1 Å². The Morgan fingerprint density at radius 1 is 1.27 bits per heavy atom. The van der Waals surface area contributed by atoms with Gasteiger partial charge in [0.25, 0.3) is 0 Å². The summed E-state index contributed by atoms with van der Waals surface area (Å²) in [4.78, 5) is 0. The summed E-state index contributed by atoms with van der Waals surface area (Å²) in [6.45, 7) is 4.57. The lowest BCUT2D eigenvalue weighted by Crippen LogP contribution is -2.43. The van der Waals surface area contributed by atoms with E-state index in [2.05, 4.69) is 13.8 Å². The fourth-order valence-corrected chi connectivity index (χ4v) is 2.46. The molecule has 1 rings (SSSR count). The van der Waals surface area contributed by atoms with E-state index in [1.165, 1.54) is 38.5 Å². The second kappa shape index (κ2) is 3.57. The molecule has 0 saturated heterocycles. The van der Waals surface area contributed by atoms with E-state index in [0.717, 1.165) is 0 Å². The molecule has 2 N–H and O–H groups in total. The molecule has 0 aromatic heterocycles. The summed E-state index contributed by atoms with van der Waals surface area (Å²) in [5.74, 6) is 0. The van der Waals surface area contributed by atoms with Crippen molar-refractivity contribution in [3.63, 3.8) is 0 Å². The van der Waals surface area contributed by atoms with Crippen LogP contribution in [0.2, 0.25) is 0 Å². The molecule has 0 aromatic carbocycles. The van der Waals surface area contributed by atoms with Crippen molar-refractivity contribution >= 4 is 0 Å². The van der Waals surface area contributed by atoms with E-state index in [4.69, 9.17) is 5.73 Å². The van der Waals surface area contributed by atoms with Gasteiger partial charge >= 0.3 is 0 Å². The van der Waals surface area contributed by atoms with Crippen LogP contribution >= 0.6 is 0 Å². The quantitative estimate of drug-likeness (QED) is 0.652. The summed E-state index contributed by atoms with van der Waals surface area (Å²) in [5, 5.41) is 0. The summed E-state index contributed by atoms with van der Waals surface area (Å²) >= 11 is 0. The Labute approximate surface area is 70.4 Å². The lowest BCUT2D eigenvalue weighted by atomic mass is 9.67. The summed E-state index contributed by atoms with van der Waals surface area (Å²) in [6, 6.07) is 0.478. The lowest BCUT2D eigenvalue weighted by Gasteiger charge is -2.41. The van der Waals surface area contributed by atoms with Crippen molar-refractivity contribution in [2.75, 3.05) is 0 Å². The molecular weight excluding hydrogens is 134 g/mol. The van der Waals surface area contributed by atoms with Crippen LogP contribution in [-0.2, 0) is 0 Å². The fourth-order valence-electron chi connectivity index (χ4n) is 2.46. The van der Waals surface area contributed by atoms with Crippen molar-refractivity contribution in [3.05, 3.63) is 0 Å². The molecule has 0 aliphatic heterocycles. The van der Waals surface area contributed by atoms with E-state index >= 15 is 0 Å². The Balaban J connectivity index is 2.61. The van der Waals surface area contributed by atoms with Crippen LogP contribution in [0.3, 0.4) is 0 Å². The summed E-state index contributed by atoms with van der Waals surface area (Å²) in [5.41, 5.74) is 6.63. The van der Waals surface area contributed by atoms with Gasteiger partial charge in [0.15, 0.2) is 0 Å². The molecule has 0 aromatic rings. The van der Waals surface area contributed by atoms with Gasteiger partial charge in [-0.25, -0.2) is 0 Å². The first kappa shape index (κ1) is 9.05. The maximum Gasteiger partial charge on any atom is 0.00953 e. The van der Waals surface area contributed by atoms with Crippen LogP contribution < -0.4 is 5.73 Å². The highest BCUT2D eigenvalue weighted by Gasteiger charge is 2.34. The summed E-state index contributed by atoms with van der Waals surface area (Å²) in [7, 11) is 0. The molecule has 0 spiro atoms. The molecule has 1 fully saturated rings. The maximum atomic E-state index is 6.14. The minimum atomic E-state index is 0.478. The van der Waals surface area contributed by atoms with E-state index in [9.17, 15) is 0 Å². The van der Waals surface area contributed by atoms with Gasteiger partial charge in [0.1, 0.15) is 0 Å². The standard InChI is InChI=1S/C10H21N/c1-3-10(4-2)8-6-5-7-9(10)11/h9H,3-8,11H2,1-2H3. The van der Waals surface area contributed by atoms with Crippen LogP contribution in [0.15, 0.2) is 0 Å². The van der Waals surface area contributed by atoms with Gasteiger partial charge in [-0.2, -0.15) is 0 Å². The third kappa shape index (κ3) is 1.58. The fraction of sp³-hybridized carbons (Fsp3) is 1.00. The first-order valence-electron chi connectivity index (χ1n) is 5.01. The van der Waals surface area contributed by atoms with Crippen molar-refractivity contribution in [3.8, 4) is 0 Å². The molecule has 1 heteroatoms. The lowest BCUT2D eigenvalue weighted by molar-refractivity contribution is 0.138. The Hall–Kier alpha value is -0.0400. The highest BCUT2D eigenvalue weighted by atomic mass is 14.7. The first-order valence-corrected chi connectivity index (χ1v) is 5.01. The zero-order valence-electron chi connectivity index (χ0n) is 7.90. The topological polar surface area (TPSA) is 26.0 Å². The van der Waals surface area contributed by atoms with E-state index < -0.39 is 0 Å². The van der Waals surface area contributed by atoms with Crippen molar-refractivity contribution < 1.29 is 0 Å². The monoisotopic (exact) mass is 155 g/mol. The van der Waals surface area contributed by atoms with Crippen molar-refractivity contribution in [2.45, 2.75) is 58.4 Å². The Bertz CT molecular complexity index is 116. The van der Waals surface area contributed by atoms with Crippen LogP contribution in [0.5, 0.6) is 0 Å². The van der Waals surface area contributed by atoms with Crippen LogP contribution in [-0.4, -0.2) is 6.04 Å². The number of nitrogens with two attached hydrogens (primary N) is 1. The predicted molar refractivity (Wildman–Crippen MR) is 49.5 cm³/mol. The Kier molecular flexibility index (Phi) is 2.94. The summed E-state index contributed by atoms with van der Waals surface area (Å²) < 4.78 is 0. The minimum absolute atomic E-state index is 0.478. The number of hydrogen-bond acceptors (Lipinski definition) is 1. The normalized spacial score (nSPS) is 30.3. The molecule has 66 valence electrons. The maximum absolute atomic E-state index is 6.14. The molecule has 1 atom stereocenters. The predicted octanol–water partition coefficient (Wildman–Crippen LogP) is 2.69. The van der Waals surface area contributed by atoms with E-state index in [-0.39, 0.29) is 0 Å². The molecule has 1 aliphatic carbocycles. The third-order valence-electron chi connectivity index (χ3n) is 3.63. The van der Waals surface area contributed by atoms with Crippen LogP contribution in [0, 0.1) is 5.41 Å². The van der Waals surface area contributed by atoms with Gasteiger partial charge in [-0.3, -0.25) is 0 Å². The Morgan fingerprint density at radius 3 is 2.27 bits per heavy atom. The van der Waals surface area contributed by atoms with Gasteiger partial charge in [0.05, 0.1) is 0 Å². The van der Waals surface area contributed by atoms with Gasteiger partial charge < -0.3 is 5.73 Å². The third-order valence-corrected chi connectivity index (χ3v) is 3.63. The molecule has 1 aliphatic rings. The van der Waals surface area contributed by atoms with Gasteiger partial charge in [0.2, 0.25) is 0 Å². The molecule has 0 heterocycles. The molecule has 0 amide bonds. The average molecular weight is 155 g/mol. The average Bonchev–Trinajstić information content (AvgIpc) is 2.06. The van der Waals surface area contributed by atoms with E-state index in [0.29, 0.717) is 11.5 Å². The number of hydrogen-bond donors (Lipinski definition) is 1. The second-order valence-corrected chi connectivity index (χ2v) is 3.92. The van der Waals surface area contributed by atoms with Gasteiger partial charge in [0, 0.05) is 6.04 Å². The largest absolute Gasteiger partial charge is 0.327 e. The zero-order chi connectivity index (χ0) is 8.32. The Morgan fingerprint density at radius 2 is 1.91 bits per heavy atom. The van der Waals surface area contributed by atoms with E-state index in [1.807, 2.05) is 0 Å². The molecule has 0 radical (unpaired) electrons. The van der Waals surface area contributed by atoms with Crippen LogP contribution in [0.4, 0.5) is 0 Å². The smallest absolute Gasteiger partial charge is 0.00953 e. The first-order chi connectivity index (χ1) is 5.25. The number of rotatable bonds is 2. The highest BCUT2D eigenvalue weighted by molar-refractivity contribution is 4.90. The molecule has 1 saturated carbocycles. The molecule has 0 bridgehead atoms. The van der Waals surface area contributed by atoms with Crippen molar-refractivity contribution in [1.29, 1.82) is 0 Å². The van der Waals surface area contributed by atoms with Crippen molar-refractivity contribution in [1.82, 2.24) is 0 Å². The molecule has 1 nitrogen and oxygen atoms in total.